The molecule has 0 radical (unpaired) electrons. The number of unbranched alkanes of at least 4 members (excludes halogenated alkanes) is 1. The first-order valence-corrected chi connectivity index (χ1v) is 13.7. The van der Waals surface area contributed by atoms with E-state index in [-0.39, 0.29) is 48.6 Å². The number of benzene rings is 1. The number of nitrogens with zero attached hydrogens (tertiary/aromatic N) is 4. The molecular weight excluding hydrogens is 525 g/mol. The third-order valence-corrected chi connectivity index (χ3v) is 7.43. The number of carbonyl (C=O) groups excluding carboxylic acids is 2. The average Bonchev–Trinajstić information content (AvgIpc) is 3.28. The Morgan fingerprint density at radius 1 is 1.11 bits per heavy atom. The van der Waals surface area contributed by atoms with Crippen LogP contribution in [0.4, 0.5) is 0 Å². The Morgan fingerprint density at radius 2 is 1.84 bits per heavy atom. The molecule has 0 unspecified atom stereocenters. The number of likely N-dealkylation sites (tertiary alicyclic amines) is 1. The maximum atomic E-state index is 14.1. The number of halogens is 2. The van der Waals surface area contributed by atoms with Gasteiger partial charge in [0.2, 0.25) is 5.91 Å². The molecule has 2 atom stereocenters. The van der Waals surface area contributed by atoms with Gasteiger partial charge in [0.15, 0.2) is 5.82 Å². The lowest BCUT2D eigenvalue weighted by molar-refractivity contribution is -0.137. The second-order valence-corrected chi connectivity index (χ2v) is 10.8. The lowest BCUT2D eigenvalue weighted by atomic mass is 9.92. The predicted octanol–water partition coefficient (Wildman–Crippen LogP) is 4.40. The van der Waals surface area contributed by atoms with Gasteiger partial charge >= 0.3 is 0 Å². The number of imidazole rings is 1. The highest BCUT2D eigenvalue weighted by Crippen LogP contribution is 2.25. The maximum Gasteiger partial charge on any atom is 0.290 e. The Morgan fingerprint density at radius 3 is 2.55 bits per heavy atom. The van der Waals surface area contributed by atoms with Crippen molar-refractivity contribution in [2.24, 2.45) is 11.8 Å². The van der Waals surface area contributed by atoms with E-state index < -0.39 is 0 Å². The summed E-state index contributed by atoms with van der Waals surface area (Å²) in [6.07, 6.45) is 5.93. The van der Waals surface area contributed by atoms with Crippen molar-refractivity contribution in [3.05, 3.63) is 30.1 Å². The normalized spacial score (nSPS) is 19.6. The average molecular weight is 571 g/mol. The number of carbonyl (C=O) groups is 2. The Labute approximate surface area is 239 Å². The van der Waals surface area contributed by atoms with Crippen LogP contribution in [0.3, 0.4) is 0 Å². The van der Waals surface area contributed by atoms with E-state index in [0.29, 0.717) is 44.4 Å². The van der Waals surface area contributed by atoms with E-state index in [1.807, 2.05) is 34.1 Å². The fraction of sp³-hybridized carbons (Fsp3) is 0.679. The zero-order valence-corrected chi connectivity index (χ0v) is 24.7. The molecule has 214 valence electrons. The SMILES string of the molecule is COCCCCn1c(C(=O)N(CC(C)C)[C@@H]2CNC[C@H](C(=O)N3CCCCC3)C2)nc2ccccc21.Cl.Cl. The Kier molecular flexibility index (Phi) is 13.3. The monoisotopic (exact) mass is 569 g/mol. The van der Waals surface area contributed by atoms with E-state index in [1.165, 1.54) is 6.42 Å². The molecule has 4 rings (SSSR count). The molecule has 10 heteroatoms. The fourth-order valence-corrected chi connectivity index (χ4v) is 5.62. The molecule has 0 spiro atoms. The molecule has 2 fully saturated rings. The van der Waals surface area contributed by atoms with Crippen molar-refractivity contribution in [1.29, 1.82) is 0 Å². The van der Waals surface area contributed by atoms with Gasteiger partial charge in [-0.25, -0.2) is 4.98 Å². The first-order chi connectivity index (χ1) is 17.5. The summed E-state index contributed by atoms with van der Waals surface area (Å²) in [5.74, 6) is 0.932. The number of hydrogen-bond acceptors (Lipinski definition) is 5. The number of para-hydroxylation sites is 2. The summed E-state index contributed by atoms with van der Waals surface area (Å²) in [6, 6.07) is 7.94. The number of methoxy groups -OCH3 is 1. The van der Waals surface area contributed by atoms with E-state index in [0.717, 1.165) is 56.4 Å². The van der Waals surface area contributed by atoms with Gasteiger partial charge in [0.25, 0.3) is 5.91 Å². The molecule has 2 aliphatic rings. The largest absolute Gasteiger partial charge is 0.385 e. The summed E-state index contributed by atoms with van der Waals surface area (Å²) in [7, 11) is 1.72. The topological polar surface area (TPSA) is 79.7 Å². The van der Waals surface area contributed by atoms with E-state index in [1.54, 1.807) is 7.11 Å². The lowest BCUT2D eigenvalue weighted by Crippen LogP contribution is -2.55. The summed E-state index contributed by atoms with van der Waals surface area (Å²) in [5, 5.41) is 3.47. The summed E-state index contributed by atoms with van der Waals surface area (Å²) < 4.78 is 7.30. The van der Waals surface area contributed by atoms with Gasteiger partial charge in [-0.3, -0.25) is 9.59 Å². The van der Waals surface area contributed by atoms with E-state index in [4.69, 9.17) is 9.72 Å². The van der Waals surface area contributed by atoms with E-state index in [9.17, 15) is 9.59 Å². The molecular formula is C28H45Cl2N5O3. The molecule has 2 saturated heterocycles. The van der Waals surface area contributed by atoms with Crippen molar-refractivity contribution in [3.63, 3.8) is 0 Å². The molecule has 38 heavy (non-hydrogen) atoms. The second kappa shape index (κ2) is 15.7. The number of aryl methyl sites for hydroxylation is 1. The number of aromatic nitrogens is 2. The Bertz CT molecular complexity index is 1030. The Balaban J connectivity index is 0.00000253. The van der Waals surface area contributed by atoms with E-state index >= 15 is 0 Å². The van der Waals surface area contributed by atoms with Gasteiger partial charge < -0.3 is 24.4 Å². The minimum atomic E-state index is -0.0860. The van der Waals surface area contributed by atoms with Crippen molar-refractivity contribution < 1.29 is 14.3 Å². The van der Waals surface area contributed by atoms with Crippen LogP contribution in [0.25, 0.3) is 11.0 Å². The van der Waals surface area contributed by atoms with Crippen LogP contribution in [0.2, 0.25) is 0 Å². The summed E-state index contributed by atoms with van der Waals surface area (Å²) in [5.41, 5.74) is 1.83. The standard InChI is InChI=1S/C28H43N5O3.2ClH/c1-21(2)20-33(23-17-22(18-29-19-23)27(34)31-13-7-4-8-14-31)28(35)26-30-24-11-5-6-12-25(24)32(26)15-9-10-16-36-3;;/h5-6,11-12,21-23,29H,4,7-10,13-20H2,1-3H3;2*1H/t22-,23+;;/m1../s1. The first kappa shape index (κ1) is 32.3. The minimum Gasteiger partial charge on any atom is -0.385 e. The number of hydrogen-bond donors (Lipinski definition) is 1. The molecule has 0 aliphatic carbocycles. The highest BCUT2D eigenvalue weighted by molar-refractivity contribution is 5.95. The third kappa shape index (κ3) is 7.84. The first-order valence-electron chi connectivity index (χ1n) is 13.7. The summed E-state index contributed by atoms with van der Waals surface area (Å²) >= 11 is 0. The summed E-state index contributed by atoms with van der Waals surface area (Å²) in [4.78, 5) is 36.2. The van der Waals surface area contributed by atoms with Crippen LogP contribution in [0, 0.1) is 11.8 Å². The van der Waals surface area contributed by atoms with E-state index in [2.05, 4.69) is 23.7 Å². The third-order valence-electron chi connectivity index (χ3n) is 7.43. The van der Waals surface area contributed by atoms with Crippen molar-refractivity contribution >= 4 is 47.7 Å². The van der Waals surface area contributed by atoms with Crippen LogP contribution in [-0.2, 0) is 16.1 Å². The molecule has 0 bridgehead atoms. The van der Waals surface area contributed by atoms with Crippen LogP contribution >= 0.6 is 24.8 Å². The van der Waals surface area contributed by atoms with Gasteiger partial charge in [0, 0.05) is 59.0 Å². The van der Waals surface area contributed by atoms with Gasteiger partial charge in [0.1, 0.15) is 0 Å². The number of rotatable bonds is 10. The van der Waals surface area contributed by atoms with Crippen molar-refractivity contribution in [2.75, 3.05) is 46.4 Å². The van der Waals surface area contributed by atoms with Gasteiger partial charge in [-0.05, 0) is 56.6 Å². The van der Waals surface area contributed by atoms with Crippen LogP contribution < -0.4 is 5.32 Å². The van der Waals surface area contributed by atoms with Crippen molar-refractivity contribution in [3.8, 4) is 0 Å². The van der Waals surface area contributed by atoms with Crippen molar-refractivity contribution in [2.45, 2.75) is 65.0 Å². The maximum absolute atomic E-state index is 14.1. The highest BCUT2D eigenvalue weighted by Gasteiger charge is 2.36. The molecule has 2 aliphatic heterocycles. The van der Waals surface area contributed by atoms with Crippen molar-refractivity contribution in [1.82, 2.24) is 24.7 Å². The Hall–Kier alpha value is -1.87. The number of fused-ring (bicyclic) bond motifs is 1. The smallest absolute Gasteiger partial charge is 0.290 e. The van der Waals surface area contributed by atoms with Crippen LogP contribution in [0.5, 0.6) is 0 Å². The number of amides is 2. The minimum absolute atomic E-state index is 0. The molecule has 8 nitrogen and oxygen atoms in total. The lowest BCUT2D eigenvalue weighted by Gasteiger charge is -2.40. The highest BCUT2D eigenvalue weighted by atomic mass is 35.5. The quantitative estimate of drug-likeness (QED) is 0.429. The molecule has 1 N–H and O–H groups in total. The van der Waals surface area contributed by atoms with Crippen LogP contribution in [0.15, 0.2) is 24.3 Å². The molecule has 2 aromatic rings. The molecule has 1 aromatic heterocycles. The fourth-order valence-electron chi connectivity index (χ4n) is 5.62. The van der Waals surface area contributed by atoms with Gasteiger partial charge in [-0.2, -0.15) is 0 Å². The zero-order valence-electron chi connectivity index (χ0n) is 23.1. The van der Waals surface area contributed by atoms with Crippen LogP contribution in [-0.4, -0.2) is 83.6 Å². The van der Waals surface area contributed by atoms with Gasteiger partial charge in [0.05, 0.1) is 17.0 Å². The molecule has 2 amide bonds. The predicted molar refractivity (Wildman–Crippen MR) is 156 cm³/mol. The van der Waals surface area contributed by atoms with Gasteiger partial charge in [-0.1, -0.05) is 26.0 Å². The molecule has 1 aromatic carbocycles. The summed E-state index contributed by atoms with van der Waals surface area (Å²) in [6.45, 7) is 9.46. The van der Waals surface area contributed by atoms with Crippen LogP contribution in [0.1, 0.15) is 63.0 Å². The number of piperidine rings is 2. The second-order valence-electron chi connectivity index (χ2n) is 10.8. The zero-order chi connectivity index (χ0) is 25.5. The number of ether oxygens (including phenoxy) is 1. The van der Waals surface area contributed by atoms with Gasteiger partial charge in [-0.15, -0.1) is 24.8 Å². The molecule has 3 heterocycles. The number of nitrogens with one attached hydrogen (secondary N) is 1. The molecule has 0 saturated carbocycles.